The van der Waals surface area contributed by atoms with Crippen LogP contribution in [-0.4, -0.2) is 63.4 Å². The zero-order valence-electron chi connectivity index (χ0n) is 26.8. The lowest BCUT2D eigenvalue weighted by Gasteiger charge is -2.41. The molecule has 1 saturated heterocycles. The maximum Gasteiger partial charge on any atom is 0.410 e. The zero-order chi connectivity index (χ0) is 34.1. The molecule has 0 radical (unpaired) electrons. The van der Waals surface area contributed by atoms with Crippen LogP contribution in [0.5, 0.6) is 5.75 Å². The van der Waals surface area contributed by atoms with Crippen LogP contribution in [0.2, 0.25) is 10.0 Å². The van der Waals surface area contributed by atoms with Crippen molar-refractivity contribution in [1.29, 1.82) is 0 Å². The van der Waals surface area contributed by atoms with Gasteiger partial charge in [0.25, 0.3) is 0 Å². The summed E-state index contributed by atoms with van der Waals surface area (Å²) in [6.07, 6.45) is 1.15. The van der Waals surface area contributed by atoms with Gasteiger partial charge >= 0.3 is 11.8 Å². The highest BCUT2D eigenvalue weighted by molar-refractivity contribution is 6.37. The molecule has 4 aromatic rings. The van der Waals surface area contributed by atoms with Gasteiger partial charge in [-0.25, -0.2) is 18.4 Å². The molecule has 0 aliphatic carbocycles. The number of pyridine rings is 1. The minimum atomic E-state index is -0.985. The summed E-state index contributed by atoms with van der Waals surface area (Å²) in [6, 6.07) is 3.72. The average molecular weight is 688 g/mol. The van der Waals surface area contributed by atoms with Gasteiger partial charge in [-0.05, 0) is 57.4 Å². The van der Waals surface area contributed by atoms with Crippen LogP contribution >= 0.6 is 23.2 Å². The number of hydrogen-bond acceptors (Lipinski definition) is 8. The van der Waals surface area contributed by atoms with Crippen molar-refractivity contribution in [1.82, 2.24) is 19.4 Å². The molecule has 14 heteroatoms. The average Bonchev–Trinajstić information content (AvgIpc) is 3.15. The SMILES string of the molecule is Cc1ccnc(C(C)C)c1-n1c(=O)nc2c3c(c(F)c(-c4c(N)c(Cl)cc(Cl)c4F)cc31)OC[C@H]1CN(C(=O)OC(C)(C)C)CCN21. The summed E-state index contributed by atoms with van der Waals surface area (Å²) < 4.78 is 45.7. The fourth-order valence-electron chi connectivity index (χ4n) is 6.16. The van der Waals surface area contributed by atoms with Gasteiger partial charge in [-0.1, -0.05) is 37.0 Å². The predicted octanol–water partition coefficient (Wildman–Crippen LogP) is 6.86. The number of anilines is 2. The first-order valence-electron chi connectivity index (χ1n) is 15.1. The maximum atomic E-state index is 16.8. The molecule has 2 aromatic carbocycles. The second kappa shape index (κ2) is 11.8. The third kappa shape index (κ3) is 5.61. The molecular formula is C33H34Cl2F2N6O4. The highest BCUT2D eigenvalue weighted by Crippen LogP contribution is 2.47. The number of carbonyl (C=O) groups is 1. The minimum Gasteiger partial charge on any atom is -0.487 e. The largest absolute Gasteiger partial charge is 0.487 e. The Bertz CT molecular complexity index is 1990. The summed E-state index contributed by atoms with van der Waals surface area (Å²) in [6.45, 7) is 11.6. The van der Waals surface area contributed by atoms with Crippen molar-refractivity contribution in [3.05, 3.63) is 67.8 Å². The smallest absolute Gasteiger partial charge is 0.410 e. The Balaban J connectivity index is 1.65. The summed E-state index contributed by atoms with van der Waals surface area (Å²) in [4.78, 5) is 39.6. The number of aromatic nitrogens is 3. The van der Waals surface area contributed by atoms with E-state index >= 15 is 8.78 Å². The zero-order valence-corrected chi connectivity index (χ0v) is 28.3. The lowest BCUT2D eigenvalue weighted by Crippen LogP contribution is -2.57. The van der Waals surface area contributed by atoms with E-state index in [0.29, 0.717) is 16.9 Å². The second-order valence-corrected chi connectivity index (χ2v) is 13.9. The summed E-state index contributed by atoms with van der Waals surface area (Å²) in [7, 11) is 0. The highest BCUT2D eigenvalue weighted by Gasteiger charge is 2.39. The van der Waals surface area contributed by atoms with E-state index in [1.165, 1.54) is 10.6 Å². The van der Waals surface area contributed by atoms with Crippen molar-refractivity contribution in [3.8, 4) is 22.6 Å². The van der Waals surface area contributed by atoms with E-state index in [1.807, 2.05) is 25.7 Å². The van der Waals surface area contributed by atoms with E-state index in [9.17, 15) is 9.59 Å². The van der Waals surface area contributed by atoms with Crippen LogP contribution in [0.15, 0.2) is 29.2 Å². The third-order valence-corrected chi connectivity index (χ3v) is 8.88. The molecule has 0 spiro atoms. The molecule has 2 aliphatic rings. The monoisotopic (exact) mass is 686 g/mol. The van der Waals surface area contributed by atoms with E-state index < -0.39 is 35.1 Å². The van der Waals surface area contributed by atoms with Crippen molar-refractivity contribution < 1.29 is 23.0 Å². The highest BCUT2D eigenvalue weighted by atomic mass is 35.5. The number of amides is 1. The number of nitrogen functional groups attached to an aromatic ring is 1. The number of fused-ring (bicyclic) bond motifs is 2. The third-order valence-electron chi connectivity index (χ3n) is 8.29. The first-order chi connectivity index (χ1) is 22.1. The number of carbonyl (C=O) groups excluding carboxylic acids is 1. The molecule has 47 heavy (non-hydrogen) atoms. The van der Waals surface area contributed by atoms with Crippen LogP contribution in [0.3, 0.4) is 0 Å². The predicted molar refractivity (Wildman–Crippen MR) is 178 cm³/mol. The Labute approximate surface area is 280 Å². The summed E-state index contributed by atoms with van der Waals surface area (Å²) in [5.41, 5.74) is 5.91. The standard InChI is InChI=1S/C33H34Cl2F2N6O4/c1-15(2)27-28(16(3)7-8-39-27)43-21-11-18(22-25(37)19(34)12-20(35)26(22)38)24(36)29-23(21)30(40-31(43)44)42-10-9-41(13-17(42)14-46-29)32(45)47-33(4,5)6/h7-8,11-12,15,17H,9-10,13-14,38H2,1-6H3/t17-/m1/s1. The van der Waals surface area contributed by atoms with E-state index in [2.05, 4.69) is 9.97 Å². The van der Waals surface area contributed by atoms with Crippen LogP contribution < -0.4 is 21.1 Å². The fraction of sp³-hybridized carbons (Fsp3) is 0.394. The second-order valence-electron chi connectivity index (χ2n) is 13.1. The molecule has 1 fully saturated rings. The number of halogens is 4. The van der Waals surface area contributed by atoms with Crippen molar-refractivity contribution in [3.63, 3.8) is 0 Å². The maximum absolute atomic E-state index is 16.8. The number of aryl methyl sites for hydroxylation is 1. The fourth-order valence-corrected chi connectivity index (χ4v) is 6.62. The van der Waals surface area contributed by atoms with Crippen LogP contribution in [0.25, 0.3) is 27.7 Å². The summed E-state index contributed by atoms with van der Waals surface area (Å²) in [5.74, 6) is -2.11. The molecular weight excluding hydrogens is 653 g/mol. The topological polar surface area (TPSA) is 116 Å². The Morgan fingerprint density at radius 3 is 2.55 bits per heavy atom. The van der Waals surface area contributed by atoms with Gasteiger partial charge in [0.05, 0.1) is 44.1 Å². The molecule has 10 nitrogen and oxygen atoms in total. The van der Waals surface area contributed by atoms with Crippen molar-refractivity contribution >= 4 is 51.7 Å². The molecule has 1 amide bonds. The Morgan fingerprint density at radius 2 is 1.87 bits per heavy atom. The number of benzene rings is 2. The number of nitrogens with two attached hydrogens (primary N) is 1. The van der Waals surface area contributed by atoms with E-state index in [0.717, 1.165) is 6.07 Å². The number of hydrogen-bond donors (Lipinski definition) is 1. The molecule has 4 heterocycles. The Kier molecular flexibility index (Phi) is 8.24. The normalized spacial score (nSPS) is 16.3. The molecule has 248 valence electrons. The quantitative estimate of drug-likeness (QED) is 0.184. The number of ether oxygens (including phenoxy) is 2. The van der Waals surface area contributed by atoms with Crippen LogP contribution in [0, 0.1) is 18.6 Å². The van der Waals surface area contributed by atoms with Gasteiger partial charge < -0.3 is 25.0 Å². The van der Waals surface area contributed by atoms with Crippen molar-refractivity contribution in [2.75, 3.05) is 36.9 Å². The molecule has 0 bridgehead atoms. The first kappa shape index (κ1) is 32.8. The lowest BCUT2D eigenvalue weighted by molar-refractivity contribution is 0.0201. The summed E-state index contributed by atoms with van der Waals surface area (Å²) >= 11 is 12.4. The number of piperazine rings is 1. The summed E-state index contributed by atoms with van der Waals surface area (Å²) in [5, 5.41) is -0.234. The van der Waals surface area contributed by atoms with E-state index in [1.54, 1.807) is 37.9 Å². The Morgan fingerprint density at radius 1 is 1.15 bits per heavy atom. The Hall–Kier alpha value is -4.16. The first-order valence-corrected chi connectivity index (χ1v) is 15.9. The molecule has 2 aromatic heterocycles. The lowest BCUT2D eigenvalue weighted by atomic mass is 9.98. The van der Waals surface area contributed by atoms with E-state index in [4.69, 9.17) is 38.4 Å². The minimum absolute atomic E-state index is 0.0740. The molecule has 0 saturated carbocycles. The number of rotatable bonds is 3. The molecule has 1 atom stereocenters. The van der Waals surface area contributed by atoms with Crippen molar-refractivity contribution in [2.24, 2.45) is 0 Å². The van der Waals surface area contributed by atoms with Gasteiger partial charge in [0.15, 0.2) is 17.4 Å². The van der Waals surface area contributed by atoms with Crippen LogP contribution in [0.4, 0.5) is 25.1 Å². The number of nitrogens with zero attached hydrogens (tertiary/aromatic N) is 5. The van der Waals surface area contributed by atoms with Crippen LogP contribution in [-0.2, 0) is 4.74 Å². The van der Waals surface area contributed by atoms with Gasteiger partial charge in [0, 0.05) is 37.0 Å². The van der Waals surface area contributed by atoms with Gasteiger partial charge in [-0.2, -0.15) is 4.98 Å². The van der Waals surface area contributed by atoms with Gasteiger partial charge in [-0.3, -0.25) is 9.55 Å². The van der Waals surface area contributed by atoms with Gasteiger partial charge in [0.2, 0.25) is 0 Å². The molecule has 6 rings (SSSR count). The van der Waals surface area contributed by atoms with Crippen molar-refractivity contribution in [2.45, 2.75) is 59.1 Å². The van der Waals surface area contributed by atoms with E-state index in [-0.39, 0.29) is 81.5 Å². The van der Waals surface area contributed by atoms with Gasteiger partial charge in [-0.15, -0.1) is 0 Å². The molecule has 2 N–H and O–H groups in total. The van der Waals surface area contributed by atoms with Gasteiger partial charge in [0.1, 0.15) is 18.0 Å². The molecule has 2 aliphatic heterocycles. The molecule has 0 unspecified atom stereocenters. The van der Waals surface area contributed by atoms with Crippen LogP contribution in [0.1, 0.15) is 51.8 Å².